The summed E-state index contributed by atoms with van der Waals surface area (Å²) < 4.78 is 26.9. The number of piperazine rings is 1. The molecule has 1 aliphatic heterocycles. The Hall–Kier alpha value is -2.18. The van der Waals surface area contributed by atoms with Crippen LogP contribution in [0.2, 0.25) is 0 Å². The van der Waals surface area contributed by atoms with Crippen molar-refractivity contribution in [3.63, 3.8) is 0 Å². The normalized spacial score (nSPS) is 19.9. The van der Waals surface area contributed by atoms with Gasteiger partial charge in [-0.05, 0) is 19.1 Å². The third-order valence-electron chi connectivity index (χ3n) is 2.81. The maximum atomic E-state index is 13.7. The SMILES string of the molecule is CC1C(=O)NC(=O)CN1c1c(N)ccc(F)c1F. The maximum absolute atomic E-state index is 13.7. The van der Waals surface area contributed by atoms with E-state index in [-0.39, 0.29) is 17.9 Å². The van der Waals surface area contributed by atoms with Crippen molar-refractivity contribution in [2.45, 2.75) is 13.0 Å². The number of benzene rings is 1. The molecule has 3 N–H and O–H groups in total. The molecule has 0 aromatic heterocycles. The lowest BCUT2D eigenvalue weighted by Gasteiger charge is -2.34. The Labute approximate surface area is 102 Å². The van der Waals surface area contributed by atoms with Gasteiger partial charge in [-0.1, -0.05) is 0 Å². The summed E-state index contributed by atoms with van der Waals surface area (Å²) in [4.78, 5) is 23.9. The minimum atomic E-state index is -1.16. The van der Waals surface area contributed by atoms with E-state index in [1.54, 1.807) is 0 Å². The maximum Gasteiger partial charge on any atom is 0.249 e. The van der Waals surface area contributed by atoms with Crippen LogP contribution in [-0.4, -0.2) is 24.4 Å². The number of carbonyl (C=O) groups is 2. The number of hydrogen-bond acceptors (Lipinski definition) is 4. The Morgan fingerprint density at radius 3 is 2.72 bits per heavy atom. The number of anilines is 2. The zero-order chi connectivity index (χ0) is 13.4. The van der Waals surface area contributed by atoms with Gasteiger partial charge in [0.2, 0.25) is 11.8 Å². The second-order valence-electron chi connectivity index (χ2n) is 4.02. The van der Waals surface area contributed by atoms with E-state index >= 15 is 0 Å². The number of rotatable bonds is 1. The molecule has 0 aliphatic carbocycles. The number of nitrogens with two attached hydrogens (primary N) is 1. The number of nitrogen functional groups attached to an aromatic ring is 1. The summed E-state index contributed by atoms with van der Waals surface area (Å²) in [6, 6.07) is 1.28. The molecule has 0 spiro atoms. The van der Waals surface area contributed by atoms with Gasteiger partial charge in [0.25, 0.3) is 0 Å². The van der Waals surface area contributed by atoms with E-state index in [4.69, 9.17) is 5.73 Å². The van der Waals surface area contributed by atoms with Gasteiger partial charge in [0.1, 0.15) is 11.7 Å². The molecule has 1 aromatic rings. The average Bonchev–Trinajstić information content (AvgIpc) is 2.30. The number of imide groups is 1. The molecule has 1 fully saturated rings. The molecule has 96 valence electrons. The van der Waals surface area contributed by atoms with Crippen LogP contribution in [0.5, 0.6) is 0 Å². The lowest BCUT2D eigenvalue weighted by atomic mass is 10.1. The van der Waals surface area contributed by atoms with Crippen LogP contribution in [0, 0.1) is 11.6 Å². The number of halogens is 2. The van der Waals surface area contributed by atoms with E-state index in [2.05, 4.69) is 5.32 Å². The Morgan fingerprint density at radius 2 is 2.06 bits per heavy atom. The number of nitrogens with zero attached hydrogens (tertiary/aromatic N) is 1. The Kier molecular flexibility index (Phi) is 2.90. The highest BCUT2D eigenvalue weighted by Gasteiger charge is 2.33. The van der Waals surface area contributed by atoms with Gasteiger partial charge in [-0.25, -0.2) is 8.78 Å². The first-order valence-electron chi connectivity index (χ1n) is 5.25. The van der Waals surface area contributed by atoms with Crippen molar-refractivity contribution in [2.75, 3.05) is 17.2 Å². The van der Waals surface area contributed by atoms with E-state index < -0.39 is 29.5 Å². The fraction of sp³-hybridized carbons (Fsp3) is 0.273. The van der Waals surface area contributed by atoms with Gasteiger partial charge < -0.3 is 10.6 Å². The third-order valence-corrected chi connectivity index (χ3v) is 2.81. The van der Waals surface area contributed by atoms with Gasteiger partial charge in [0.15, 0.2) is 11.6 Å². The van der Waals surface area contributed by atoms with Gasteiger partial charge in [0, 0.05) is 0 Å². The zero-order valence-electron chi connectivity index (χ0n) is 9.54. The van der Waals surface area contributed by atoms with Crippen molar-refractivity contribution in [1.29, 1.82) is 0 Å². The molecule has 0 saturated carbocycles. The summed E-state index contributed by atoms with van der Waals surface area (Å²) >= 11 is 0. The minimum absolute atomic E-state index is 0.0248. The van der Waals surface area contributed by atoms with Crippen molar-refractivity contribution in [1.82, 2.24) is 5.32 Å². The molecule has 18 heavy (non-hydrogen) atoms. The first-order chi connectivity index (χ1) is 8.41. The van der Waals surface area contributed by atoms with E-state index in [1.807, 2.05) is 0 Å². The fourth-order valence-electron chi connectivity index (χ4n) is 1.83. The molecule has 5 nitrogen and oxygen atoms in total. The molecule has 2 amide bonds. The number of amides is 2. The zero-order valence-corrected chi connectivity index (χ0v) is 9.54. The second kappa shape index (κ2) is 4.25. The van der Waals surface area contributed by atoms with E-state index in [0.717, 1.165) is 11.0 Å². The number of carbonyl (C=O) groups excluding carboxylic acids is 2. The summed E-state index contributed by atoms with van der Waals surface area (Å²) in [6.45, 7) is 1.23. The summed E-state index contributed by atoms with van der Waals surface area (Å²) in [6.07, 6.45) is 0. The Bertz CT molecular complexity index is 533. The van der Waals surface area contributed by atoms with Crippen LogP contribution in [0.15, 0.2) is 12.1 Å². The standard InChI is InChI=1S/C11H11F2N3O2/c1-5-11(18)15-8(17)4-16(5)10-7(14)3-2-6(12)9(10)13/h2-3,5H,4,14H2,1H3,(H,15,17,18). The topological polar surface area (TPSA) is 75.4 Å². The van der Waals surface area contributed by atoms with Gasteiger partial charge in [-0.3, -0.25) is 14.9 Å². The molecule has 1 aliphatic rings. The van der Waals surface area contributed by atoms with E-state index in [1.165, 1.54) is 13.0 Å². The highest BCUT2D eigenvalue weighted by atomic mass is 19.2. The highest BCUT2D eigenvalue weighted by molar-refractivity contribution is 6.05. The molecule has 1 aromatic carbocycles. The van der Waals surface area contributed by atoms with Crippen molar-refractivity contribution in [3.8, 4) is 0 Å². The van der Waals surface area contributed by atoms with Crippen LogP contribution < -0.4 is 16.0 Å². The predicted molar refractivity (Wildman–Crippen MR) is 60.7 cm³/mol. The number of nitrogens with one attached hydrogen (secondary N) is 1. The first kappa shape index (κ1) is 12.3. The Morgan fingerprint density at radius 1 is 1.39 bits per heavy atom. The van der Waals surface area contributed by atoms with Gasteiger partial charge >= 0.3 is 0 Å². The largest absolute Gasteiger partial charge is 0.397 e. The molecular weight excluding hydrogens is 244 g/mol. The highest BCUT2D eigenvalue weighted by Crippen LogP contribution is 2.30. The third kappa shape index (κ3) is 1.87. The molecular formula is C11H11F2N3O2. The van der Waals surface area contributed by atoms with Gasteiger partial charge in [-0.15, -0.1) is 0 Å². The summed E-state index contributed by atoms with van der Waals surface area (Å²) in [5.41, 5.74) is 5.30. The molecule has 1 unspecified atom stereocenters. The molecule has 7 heteroatoms. The summed E-state index contributed by atoms with van der Waals surface area (Å²) in [5.74, 6) is -3.40. The molecule has 2 rings (SSSR count). The summed E-state index contributed by atoms with van der Waals surface area (Å²) in [5, 5.41) is 2.11. The second-order valence-corrected chi connectivity index (χ2v) is 4.02. The van der Waals surface area contributed by atoms with Crippen LogP contribution in [-0.2, 0) is 9.59 Å². The quantitative estimate of drug-likeness (QED) is 0.562. The van der Waals surface area contributed by atoms with Crippen molar-refractivity contribution in [2.24, 2.45) is 0 Å². The molecule has 0 radical (unpaired) electrons. The monoisotopic (exact) mass is 255 g/mol. The fourth-order valence-corrected chi connectivity index (χ4v) is 1.83. The van der Waals surface area contributed by atoms with E-state index in [0.29, 0.717) is 0 Å². The van der Waals surface area contributed by atoms with Gasteiger partial charge in [0.05, 0.1) is 12.2 Å². The van der Waals surface area contributed by atoms with Crippen LogP contribution in [0.25, 0.3) is 0 Å². The lowest BCUT2D eigenvalue weighted by molar-refractivity contribution is -0.132. The van der Waals surface area contributed by atoms with Crippen molar-refractivity contribution in [3.05, 3.63) is 23.8 Å². The van der Waals surface area contributed by atoms with Crippen LogP contribution >= 0.6 is 0 Å². The molecule has 1 heterocycles. The first-order valence-corrected chi connectivity index (χ1v) is 5.25. The number of hydrogen-bond donors (Lipinski definition) is 2. The van der Waals surface area contributed by atoms with Crippen LogP contribution in [0.3, 0.4) is 0 Å². The summed E-state index contributed by atoms with van der Waals surface area (Å²) in [7, 11) is 0. The smallest absolute Gasteiger partial charge is 0.249 e. The van der Waals surface area contributed by atoms with Crippen LogP contribution in [0.1, 0.15) is 6.92 Å². The predicted octanol–water partition coefficient (Wildman–Crippen LogP) is 0.398. The molecule has 1 atom stereocenters. The van der Waals surface area contributed by atoms with Crippen molar-refractivity contribution >= 4 is 23.2 Å². The molecule has 0 bridgehead atoms. The van der Waals surface area contributed by atoms with Crippen molar-refractivity contribution < 1.29 is 18.4 Å². The van der Waals surface area contributed by atoms with Crippen LogP contribution in [0.4, 0.5) is 20.2 Å². The average molecular weight is 255 g/mol. The van der Waals surface area contributed by atoms with E-state index in [9.17, 15) is 18.4 Å². The Balaban J connectivity index is 2.50. The minimum Gasteiger partial charge on any atom is -0.397 e. The van der Waals surface area contributed by atoms with Gasteiger partial charge in [-0.2, -0.15) is 0 Å². The molecule has 1 saturated heterocycles. The lowest BCUT2D eigenvalue weighted by Crippen LogP contribution is -2.57.